The maximum atomic E-state index is 13.2. The molecule has 3 saturated heterocycles. The maximum Gasteiger partial charge on any atom is 0.490 e. The zero-order valence-corrected chi connectivity index (χ0v) is 29.5. The van der Waals surface area contributed by atoms with Crippen LogP contribution in [0.25, 0.3) is 22.3 Å². The minimum absolute atomic E-state index is 0.0789. The van der Waals surface area contributed by atoms with E-state index >= 15 is 0 Å². The number of hydrogen-bond acceptors (Lipinski definition) is 10. The number of nitrogens with zero attached hydrogens (tertiary/aromatic N) is 5. The molecule has 7 rings (SSSR count). The molecule has 0 aliphatic carbocycles. The van der Waals surface area contributed by atoms with E-state index in [-0.39, 0.29) is 17.9 Å². The van der Waals surface area contributed by atoms with Gasteiger partial charge in [0.15, 0.2) is 0 Å². The summed E-state index contributed by atoms with van der Waals surface area (Å²) in [6.45, 7) is 4.23. The lowest BCUT2D eigenvalue weighted by atomic mass is 10.0. The number of nitrogens with one attached hydrogen (secondary N) is 3. The van der Waals surface area contributed by atoms with Crippen LogP contribution in [0.15, 0.2) is 67.1 Å². The van der Waals surface area contributed by atoms with Crippen molar-refractivity contribution in [3.63, 3.8) is 0 Å². The van der Waals surface area contributed by atoms with Crippen LogP contribution < -0.4 is 15.5 Å². The molecular weight excluding hydrogens is 709 g/mol. The van der Waals surface area contributed by atoms with Gasteiger partial charge in [-0.1, -0.05) is 18.2 Å². The molecule has 2 amide bonds. The number of hydrogen-bond donors (Lipinski definition) is 4. The minimum atomic E-state index is -5.08. The lowest BCUT2D eigenvalue weighted by Crippen LogP contribution is -2.47. The average molecular weight is 751 g/mol. The van der Waals surface area contributed by atoms with Gasteiger partial charge in [0.05, 0.1) is 37.3 Å². The van der Waals surface area contributed by atoms with Crippen LogP contribution in [0.1, 0.15) is 41.7 Å². The number of carboxylic acids is 1. The molecule has 3 aliphatic heterocycles. The maximum absolute atomic E-state index is 13.2. The summed E-state index contributed by atoms with van der Waals surface area (Å²) >= 11 is 0. The summed E-state index contributed by atoms with van der Waals surface area (Å²) in [7, 11) is 1.60. The number of benzene rings is 1. The summed E-state index contributed by atoms with van der Waals surface area (Å²) in [5.41, 5.74) is 4.77. The van der Waals surface area contributed by atoms with Gasteiger partial charge in [-0.3, -0.25) is 19.5 Å². The molecule has 3 atom stereocenters. The molecule has 0 radical (unpaired) electrons. The van der Waals surface area contributed by atoms with E-state index in [1.807, 2.05) is 36.4 Å². The Morgan fingerprint density at radius 3 is 2.50 bits per heavy atom. The quantitative estimate of drug-likeness (QED) is 0.167. The van der Waals surface area contributed by atoms with Crippen LogP contribution in [0.3, 0.4) is 0 Å². The first-order valence-electron chi connectivity index (χ1n) is 17.5. The fourth-order valence-corrected chi connectivity index (χ4v) is 6.96. The van der Waals surface area contributed by atoms with Gasteiger partial charge in [-0.05, 0) is 73.7 Å². The van der Waals surface area contributed by atoms with Crippen molar-refractivity contribution in [3.05, 3.63) is 78.4 Å². The lowest BCUT2D eigenvalue weighted by Gasteiger charge is -2.35. The highest BCUT2D eigenvalue weighted by Crippen LogP contribution is 2.37. The summed E-state index contributed by atoms with van der Waals surface area (Å²) < 4.78 is 42.5. The number of piperidine rings is 1. The van der Waals surface area contributed by atoms with E-state index in [1.54, 1.807) is 25.7 Å². The van der Waals surface area contributed by atoms with Gasteiger partial charge < -0.3 is 35.1 Å². The molecule has 4 N–H and O–H groups in total. The first-order chi connectivity index (χ1) is 26.0. The summed E-state index contributed by atoms with van der Waals surface area (Å²) in [6, 6.07) is 14.4. The third-order valence-corrected chi connectivity index (χ3v) is 9.43. The van der Waals surface area contributed by atoms with E-state index in [0.29, 0.717) is 36.6 Å². The number of amides is 2. The fourth-order valence-electron chi connectivity index (χ4n) is 6.96. The van der Waals surface area contributed by atoms with Gasteiger partial charge in [-0.2, -0.15) is 13.2 Å². The molecule has 2 bridgehead atoms. The van der Waals surface area contributed by atoms with Crippen LogP contribution in [0.2, 0.25) is 0 Å². The van der Waals surface area contributed by atoms with Gasteiger partial charge >= 0.3 is 12.1 Å². The molecule has 6 heterocycles. The van der Waals surface area contributed by atoms with Crippen LogP contribution in [-0.2, 0) is 25.6 Å². The Labute approximate surface area is 308 Å². The normalized spacial score (nSPS) is 20.1. The van der Waals surface area contributed by atoms with E-state index in [1.165, 1.54) is 6.08 Å². The molecule has 286 valence electrons. The van der Waals surface area contributed by atoms with Crippen molar-refractivity contribution in [2.24, 2.45) is 0 Å². The van der Waals surface area contributed by atoms with E-state index in [9.17, 15) is 22.8 Å². The predicted molar refractivity (Wildman–Crippen MR) is 193 cm³/mol. The number of aromatic nitrogens is 4. The van der Waals surface area contributed by atoms with Gasteiger partial charge in [-0.15, -0.1) is 0 Å². The molecule has 0 saturated carbocycles. The highest BCUT2D eigenvalue weighted by molar-refractivity contribution is 6.03. The van der Waals surface area contributed by atoms with Gasteiger partial charge in [0, 0.05) is 49.9 Å². The van der Waals surface area contributed by atoms with Gasteiger partial charge in [0.2, 0.25) is 5.91 Å². The van der Waals surface area contributed by atoms with E-state index in [2.05, 4.69) is 46.4 Å². The predicted octanol–water partition coefficient (Wildman–Crippen LogP) is 4.56. The van der Waals surface area contributed by atoms with Crippen molar-refractivity contribution in [3.8, 4) is 11.3 Å². The Morgan fingerprint density at radius 2 is 1.80 bits per heavy atom. The van der Waals surface area contributed by atoms with E-state index in [4.69, 9.17) is 19.4 Å². The summed E-state index contributed by atoms with van der Waals surface area (Å²) in [5, 5.41) is 14.2. The summed E-state index contributed by atoms with van der Waals surface area (Å²) in [4.78, 5) is 56.0. The fraction of sp³-hybridized carbons (Fsp3) is 0.405. The van der Waals surface area contributed by atoms with Crippen LogP contribution in [0.4, 0.5) is 24.7 Å². The Morgan fingerprint density at radius 1 is 1.06 bits per heavy atom. The van der Waals surface area contributed by atoms with Gasteiger partial charge in [0.25, 0.3) is 5.91 Å². The Bertz CT molecular complexity index is 1960. The van der Waals surface area contributed by atoms with Crippen molar-refractivity contribution in [2.45, 2.75) is 56.5 Å². The highest BCUT2D eigenvalue weighted by Gasteiger charge is 2.39. The van der Waals surface area contributed by atoms with Crippen LogP contribution in [-0.4, -0.2) is 112 Å². The third kappa shape index (κ3) is 9.58. The van der Waals surface area contributed by atoms with Crippen molar-refractivity contribution in [2.75, 3.05) is 50.2 Å². The number of carboxylic acid groups (broad SMARTS) is 1. The molecule has 14 nitrogen and oxygen atoms in total. The second-order valence-corrected chi connectivity index (χ2v) is 13.3. The second kappa shape index (κ2) is 17.2. The molecule has 54 heavy (non-hydrogen) atoms. The smallest absolute Gasteiger partial charge is 0.475 e. The second-order valence-electron chi connectivity index (χ2n) is 13.3. The number of anilines is 2. The first kappa shape index (κ1) is 38.3. The Balaban J connectivity index is 0.000000649. The molecule has 3 aromatic heterocycles. The monoisotopic (exact) mass is 750 g/mol. The zero-order valence-electron chi connectivity index (χ0n) is 29.5. The van der Waals surface area contributed by atoms with Crippen LogP contribution in [0, 0.1) is 0 Å². The number of fused-ring (bicyclic) bond motifs is 3. The number of pyridine rings is 1. The first-order valence-corrected chi connectivity index (χ1v) is 17.5. The molecule has 3 fully saturated rings. The summed E-state index contributed by atoms with van der Waals surface area (Å²) in [5.74, 6) is -2.17. The zero-order chi connectivity index (χ0) is 38.2. The van der Waals surface area contributed by atoms with Crippen molar-refractivity contribution < 1.29 is 42.1 Å². The Hall–Kier alpha value is -5.39. The number of carbonyl (C=O) groups excluding carboxylic acids is 2. The minimum Gasteiger partial charge on any atom is -0.475 e. The van der Waals surface area contributed by atoms with E-state index < -0.39 is 12.1 Å². The van der Waals surface area contributed by atoms with E-state index in [0.717, 1.165) is 85.7 Å². The number of carbonyl (C=O) groups is 3. The van der Waals surface area contributed by atoms with Crippen LogP contribution in [0.5, 0.6) is 0 Å². The number of likely N-dealkylation sites (tertiary alicyclic amines) is 1. The summed E-state index contributed by atoms with van der Waals surface area (Å²) in [6.07, 6.45) is 5.61. The van der Waals surface area contributed by atoms with Crippen molar-refractivity contribution in [1.29, 1.82) is 0 Å². The number of morpholine rings is 1. The van der Waals surface area contributed by atoms with Crippen molar-refractivity contribution in [1.82, 2.24) is 30.2 Å². The number of aromatic amines is 1. The third-order valence-electron chi connectivity index (χ3n) is 9.43. The molecule has 0 spiro atoms. The lowest BCUT2D eigenvalue weighted by molar-refractivity contribution is -0.192. The molecule has 3 aliphatic rings. The number of alkyl halides is 3. The molecule has 0 unspecified atom stereocenters. The average Bonchev–Trinajstić information content (AvgIpc) is 3.69. The van der Waals surface area contributed by atoms with Crippen LogP contribution >= 0.6 is 0 Å². The number of halogens is 3. The largest absolute Gasteiger partial charge is 0.490 e. The molecule has 4 aromatic rings. The van der Waals surface area contributed by atoms with Gasteiger partial charge in [-0.25, -0.2) is 14.8 Å². The number of ether oxygens (including phenoxy) is 2. The number of methoxy groups -OCH3 is 1. The molecular formula is C37H41F3N8O6. The van der Waals surface area contributed by atoms with Crippen molar-refractivity contribution >= 4 is 40.3 Å². The topological polar surface area (TPSA) is 175 Å². The number of H-pyrrole nitrogens is 1. The highest BCUT2D eigenvalue weighted by atomic mass is 19.4. The number of rotatable bonds is 10. The van der Waals surface area contributed by atoms with Gasteiger partial charge in [0.1, 0.15) is 23.5 Å². The Kier molecular flexibility index (Phi) is 12.2. The molecule has 1 aromatic carbocycles. The molecule has 17 heteroatoms. The standard InChI is InChI=1S/C35H40N8O4.C2HF3O2/c1-46-15-3-5-32(44)39-26-4-2-14-42(19-26)18-23-12-13-36-31(16-23)35(45)40-25-8-6-24(7-9-25)30-17-29-33(41-30)37-22-38-34(29)43-27-10-11-28(43)21-47-20-27;3-2(4,5)1(6)7/h3,5-9,12-13,16-17,22,26-28H,2,4,10-11,14-15,18-21H2,1H3,(H,39,44)(H,40,45)(H,37,38,41);(H,6,7)/b5-3+;/t26-,27-,28+;/m1./s1. The SMILES string of the molecule is COC/C=C/C(=O)N[C@@H]1CCCN(Cc2ccnc(C(=O)Nc3ccc(-c4cc5c(N6[C@@H]7CC[C@H]6COC7)ncnc5[nH]4)cc3)c2)C1.O=C(O)C(F)(F)F. The number of aliphatic carboxylic acids is 1.